The lowest BCUT2D eigenvalue weighted by molar-refractivity contribution is 0.170. The molecule has 0 N–H and O–H groups in total. The van der Waals surface area contributed by atoms with Gasteiger partial charge in [-0.2, -0.15) is 0 Å². The molecule has 4 nitrogen and oxygen atoms in total. The van der Waals surface area contributed by atoms with Gasteiger partial charge in [0.15, 0.2) is 11.5 Å². The van der Waals surface area contributed by atoms with Gasteiger partial charge in [0, 0.05) is 18.7 Å². The van der Waals surface area contributed by atoms with Gasteiger partial charge in [0.1, 0.15) is 0 Å². The lowest BCUT2D eigenvalue weighted by Gasteiger charge is -2.28. The molecule has 0 unspecified atom stereocenters. The van der Waals surface area contributed by atoms with Crippen LogP contribution in [-0.4, -0.2) is 32.4 Å². The molecule has 1 aromatic rings. The van der Waals surface area contributed by atoms with Crippen molar-refractivity contribution in [1.82, 2.24) is 4.90 Å². The molecule has 2 aliphatic rings. The maximum Gasteiger partial charge on any atom is 0.231 e. The monoisotopic (exact) mass is 299 g/mol. The van der Waals surface area contributed by atoms with E-state index in [1.54, 1.807) is 7.11 Å². The second kappa shape index (κ2) is 4.07. The summed E-state index contributed by atoms with van der Waals surface area (Å²) in [6, 6.07) is 0. The van der Waals surface area contributed by atoms with E-state index < -0.39 is 0 Å². The number of ether oxygens (including phenoxy) is 3. The van der Waals surface area contributed by atoms with Crippen molar-refractivity contribution in [2.75, 3.05) is 27.5 Å². The minimum Gasteiger partial charge on any atom is -0.492 e. The van der Waals surface area contributed by atoms with Crippen molar-refractivity contribution in [3.05, 3.63) is 15.6 Å². The summed E-state index contributed by atoms with van der Waals surface area (Å²) >= 11 is 3.62. The van der Waals surface area contributed by atoms with Crippen molar-refractivity contribution in [3.63, 3.8) is 0 Å². The molecule has 0 atom stereocenters. The van der Waals surface area contributed by atoms with E-state index in [9.17, 15) is 0 Å². The maximum absolute atomic E-state index is 5.51. The van der Waals surface area contributed by atoms with Gasteiger partial charge in [0.05, 0.1) is 11.6 Å². The van der Waals surface area contributed by atoms with Crippen LogP contribution in [0.2, 0.25) is 0 Å². The molecular formula is C12H14BrNO3. The fraction of sp³-hybridized carbons (Fsp3) is 0.500. The third-order valence-corrected chi connectivity index (χ3v) is 4.14. The average Bonchev–Trinajstić information content (AvgIpc) is 2.79. The number of hydrogen-bond donors (Lipinski definition) is 0. The van der Waals surface area contributed by atoms with Crippen LogP contribution in [-0.2, 0) is 13.0 Å². The molecule has 0 saturated heterocycles. The van der Waals surface area contributed by atoms with Crippen LogP contribution < -0.4 is 14.2 Å². The Morgan fingerprint density at radius 3 is 2.76 bits per heavy atom. The molecule has 0 saturated carbocycles. The van der Waals surface area contributed by atoms with Gasteiger partial charge in [-0.25, -0.2) is 0 Å². The molecule has 5 heteroatoms. The average molecular weight is 300 g/mol. The van der Waals surface area contributed by atoms with Gasteiger partial charge < -0.3 is 19.1 Å². The minimum absolute atomic E-state index is 0.267. The molecule has 0 aliphatic carbocycles. The summed E-state index contributed by atoms with van der Waals surface area (Å²) in [4.78, 5) is 2.28. The predicted molar refractivity (Wildman–Crippen MR) is 66.9 cm³/mol. The molecule has 2 heterocycles. The van der Waals surface area contributed by atoms with Crippen LogP contribution in [0, 0.1) is 0 Å². The Morgan fingerprint density at radius 2 is 2.00 bits per heavy atom. The molecule has 0 amide bonds. The van der Waals surface area contributed by atoms with Crippen molar-refractivity contribution in [1.29, 1.82) is 0 Å². The van der Waals surface area contributed by atoms with Gasteiger partial charge in [-0.05, 0) is 35.0 Å². The topological polar surface area (TPSA) is 30.9 Å². The number of methoxy groups -OCH3 is 1. The highest BCUT2D eigenvalue weighted by molar-refractivity contribution is 9.10. The fourth-order valence-corrected chi connectivity index (χ4v) is 3.18. The largest absolute Gasteiger partial charge is 0.492 e. The third kappa shape index (κ3) is 1.60. The highest BCUT2D eigenvalue weighted by atomic mass is 79.9. The molecule has 0 aromatic heterocycles. The second-order valence-corrected chi connectivity index (χ2v) is 5.15. The Balaban J connectivity index is 2.23. The summed E-state index contributed by atoms with van der Waals surface area (Å²) in [5, 5.41) is 0. The van der Waals surface area contributed by atoms with Gasteiger partial charge in [-0.1, -0.05) is 0 Å². The standard InChI is InChI=1S/C12H14BrNO3/c1-14-4-3-7-8(5-14)10(15-2)12-11(9(7)13)16-6-17-12/h3-6H2,1-2H3. The highest BCUT2D eigenvalue weighted by Gasteiger charge is 2.31. The zero-order valence-corrected chi connectivity index (χ0v) is 11.5. The molecule has 0 bridgehead atoms. The van der Waals surface area contributed by atoms with E-state index in [-0.39, 0.29) is 6.79 Å². The molecule has 92 valence electrons. The van der Waals surface area contributed by atoms with Crippen LogP contribution in [0.1, 0.15) is 11.1 Å². The molecule has 2 aliphatic heterocycles. The van der Waals surface area contributed by atoms with E-state index in [1.807, 2.05) is 0 Å². The van der Waals surface area contributed by atoms with Crippen LogP contribution >= 0.6 is 15.9 Å². The normalized spacial score (nSPS) is 18.1. The first-order valence-electron chi connectivity index (χ1n) is 5.57. The quantitative estimate of drug-likeness (QED) is 0.795. The summed E-state index contributed by atoms with van der Waals surface area (Å²) in [6.07, 6.45) is 0.999. The van der Waals surface area contributed by atoms with Crippen molar-refractivity contribution in [2.24, 2.45) is 0 Å². The van der Waals surface area contributed by atoms with Gasteiger partial charge >= 0.3 is 0 Å². The van der Waals surface area contributed by atoms with E-state index in [2.05, 4.69) is 27.9 Å². The predicted octanol–water partition coefficient (Wildman–Crippen LogP) is 2.17. The first-order valence-corrected chi connectivity index (χ1v) is 6.37. The smallest absolute Gasteiger partial charge is 0.231 e. The number of likely N-dealkylation sites (N-methyl/N-ethyl adjacent to an activating group) is 1. The van der Waals surface area contributed by atoms with Crippen LogP contribution in [0.3, 0.4) is 0 Å². The van der Waals surface area contributed by atoms with Crippen molar-refractivity contribution in [3.8, 4) is 17.2 Å². The summed E-state index contributed by atoms with van der Waals surface area (Å²) in [6.45, 7) is 2.20. The van der Waals surface area contributed by atoms with Crippen LogP contribution in [0.25, 0.3) is 0 Å². The van der Waals surface area contributed by atoms with Crippen molar-refractivity contribution in [2.45, 2.75) is 13.0 Å². The first kappa shape index (κ1) is 11.2. The summed E-state index contributed by atoms with van der Waals surface area (Å²) in [5.74, 6) is 2.33. The van der Waals surface area contributed by atoms with Crippen LogP contribution in [0.5, 0.6) is 17.2 Å². The molecule has 0 fully saturated rings. The van der Waals surface area contributed by atoms with E-state index in [0.29, 0.717) is 0 Å². The Bertz CT molecular complexity index is 476. The van der Waals surface area contributed by atoms with E-state index >= 15 is 0 Å². The minimum atomic E-state index is 0.267. The Hall–Kier alpha value is -0.940. The lowest BCUT2D eigenvalue weighted by atomic mass is 9.98. The molecular weight excluding hydrogens is 286 g/mol. The van der Waals surface area contributed by atoms with Gasteiger partial charge in [0.25, 0.3) is 0 Å². The summed E-state index contributed by atoms with van der Waals surface area (Å²) in [5.41, 5.74) is 2.49. The SMILES string of the molecule is COc1c2c(c(Br)c3c1OCO3)CCN(C)C2. The number of hydrogen-bond acceptors (Lipinski definition) is 4. The summed E-state index contributed by atoms with van der Waals surface area (Å²) in [7, 11) is 3.79. The fourth-order valence-electron chi connectivity index (χ4n) is 2.45. The van der Waals surface area contributed by atoms with E-state index in [1.165, 1.54) is 11.1 Å². The molecule has 3 rings (SSSR count). The highest BCUT2D eigenvalue weighted by Crippen LogP contribution is 2.51. The zero-order valence-electron chi connectivity index (χ0n) is 9.88. The number of fused-ring (bicyclic) bond motifs is 2. The number of benzene rings is 1. The molecule has 0 radical (unpaired) electrons. The number of halogens is 1. The maximum atomic E-state index is 5.51. The van der Waals surface area contributed by atoms with Gasteiger partial charge in [-0.15, -0.1) is 0 Å². The van der Waals surface area contributed by atoms with Crippen molar-refractivity contribution >= 4 is 15.9 Å². The lowest BCUT2D eigenvalue weighted by Crippen LogP contribution is -2.27. The Labute approximate surface area is 109 Å². The Kier molecular flexibility index (Phi) is 2.67. The van der Waals surface area contributed by atoms with Crippen LogP contribution in [0.4, 0.5) is 0 Å². The molecule has 17 heavy (non-hydrogen) atoms. The zero-order chi connectivity index (χ0) is 12.0. The molecule has 0 spiro atoms. The second-order valence-electron chi connectivity index (χ2n) is 4.36. The Morgan fingerprint density at radius 1 is 1.24 bits per heavy atom. The van der Waals surface area contributed by atoms with Crippen molar-refractivity contribution < 1.29 is 14.2 Å². The van der Waals surface area contributed by atoms with E-state index in [4.69, 9.17) is 14.2 Å². The number of rotatable bonds is 1. The van der Waals surface area contributed by atoms with Gasteiger partial charge in [-0.3, -0.25) is 0 Å². The first-order chi connectivity index (χ1) is 8.22. The van der Waals surface area contributed by atoms with E-state index in [0.717, 1.165) is 41.2 Å². The van der Waals surface area contributed by atoms with Gasteiger partial charge in [0.2, 0.25) is 12.5 Å². The summed E-state index contributed by atoms with van der Waals surface area (Å²) < 4.78 is 17.5. The molecule has 1 aromatic carbocycles. The number of nitrogens with zero attached hydrogens (tertiary/aromatic N) is 1. The third-order valence-electron chi connectivity index (χ3n) is 3.30. The van der Waals surface area contributed by atoms with Crippen LogP contribution in [0.15, 0.2) is 4.47 Å².